The molecule has 2 heterocycles. The molecule has 2 aliphatic rings. The Kier molecular flexibility index (Phi) is 4.90. The van der Waals surface area contributed by atoms with Gasteiger partial charge >= 0.3 is 0 Å². The standard InChI is InChI=1S/C10H20N2.C2H6/c1-9-8-12-7-4-10(9)2-5-11-6-3-10;1-2/h9,11-12H,2-8H2,1H3;1-2H3. The molecule has 1 spiro atoms. The van der Waals surface area contributed by atoms with Crippen molar-refractivity contribution < 1.29 is 0 Å². The Bertz CT molecular complexity index is 142. The lowest BCUT2D eigenvalue weighted by Crippen LogP contribution is -2.49. The van der Waals surface area contributed by atoms with E-state index in [2.05, 4.69) is 17.6 Å². The highest BCUT2D eigenvalue weighted by molar-refractivity contribution is 4.92. The van der Waals surface area contributed by atoms with E-state index >= 15 is 0 Å². The van der Waals surface area contributed by atoms with Crippen molar-refractivity contribution in [3.05, 3.63) is 0 Å². The zero-order valence-electron chi connectivity index (χ0n) is 10.0. The molecule has 2 saturated heterocycles. The fourth-order valence-electron chi connectivity index (χ4n) is 2.79. The fourth-order valence-corrected chi connectivity index (χ4v) is 2.79. The van der Waals surface area contributed by atoms with Crippen molar-refractivity contribution in [3.63, 3.8) is 0 Å². The van der Waals surface area contributed by atoms with Crippen LogP contribution in [0.1, 0.15) is 40.0 Å². The zero-order chi connectivity index (χ0) is 10.4. The van der Waals surface area contributed by atoms with Crippen molar-refractivity contribution in [3.8, 4) is 0 Å². The van der Waals surface area contributed by atoms with E-state index in [0.29, 0.717) is 5.41 Å². The second-order valence-electron chi connectivity index (χ2n) is 4.47. The molecule has 2 fully saturated rings. The van der Waals surface area contributed by atoms with Crippen LogP contribution >= 0.6 is 0 Å². The first-order valence-electron chi connectivity index (χ1n) is 6.25. The van der Waals surface area contributed by atoms with Gasteiger partial charge in [-0.2, -0.15) is 0 Å². The van der Waals surface area contributed by atoms with Crippen molar-refractivity contribution in [2.24, 2.45) is 11.3 Å². The Morgan fingerprint density at radius 2 is 1.43 bits per heavy atom. The van der Waals surface area contributed by atoms with Crippen LogP contribution in [-0.4, -0.2) is 26.2 Å². The zero-order valence-corrected chi connectivity index (χ0v) is 10.0. The van der Waals surface area contributed by atoms with Crippen LogP contribution in [-0.2, 0) is 0 Å². The summed E-state index contributed by atoms with van der Waals surface area (Å²) in [4.78, 5) is 0. The third-order valence-corrected chi connectivity index (χ3v) is 3.89. The summed E-state index contributed by atoms with van der Waals surface area (Å²) < 4.78 is 0. The van der Waals surface area contributed by atoms with Gasteiger partial charge in [0.15, 0.2) is 0 Å². The van der Waals surface area contributed by atoms with Crippen LogP contribution < -0.4 is 10.6 Å². The molecule has 0 bridgehead atoms. The maximum atomic E-state index is 3.49. The Morgan fingerprint density at radius 3 is 2.00 bits per heavy atom. The van der Waals surface area contributed by atoms with Crippen LogP contribution in [0.5, 0.6) is 0 Å². The summed E-state index contributed by atoms with van der Waals surface area (Å²) in [5, 5.41) is 6.94. The van der Waals surface area contributed by atoms with Crippen LogP contribution in [0.25, 0.3) is 0 Å². The van der Waals surface area contributed by atoms with E-state index in [0.717, 1.165) is 5.92 Å². The second-order valence-corrected chi connectivity index (χ2v) is 4.47. The maximum absolute atomic E-state index is 3.49. The van der Waals surface area contributed by atoms with Crippen molar-refractivity contribution >= 4 is 0 Å². The van der Waals surface area contributed by atoms with E-state index in [1.165, 1.54) is 45.4 Å². The Balaban J connectivity index is 0.000000461. The molecule has 2 rings (SSSR count). The van der Waals surface area contributed by atoms with Gasteiger partial charge in [0.05, 0.1) is 0 Å². The topological polar surface area (TPSA) is 24.1 Å². The predicted molar refractivity (Wildman–Crippen MR) is 62.5 cm³/mol. The molecular weight excluding hydrogens is 172 g/mol. The van der Waals surface area contributed by atoms with E-state index in [1.54, 1.807) is 0 Å². The lowest BCUT2D eigenvalue weighted by Gasteiger charge is -2.46. The highest BCUT2D eigenvalue weighted by Gasteiger charge is 2.38. The van der Waals surface area contributed by atoms with Gasteiger partial charge in [-0.05, 0) is 56.8 Å². The SMILES string of the molecule is CC.CC1CNCCC12CCNCC2. The molecule has 0 aromatic rings. The van der Waals surface area contributed by atoms with E-state index in [9.17, 15) is 0 Å². The highest BCUT2D eigenvalue weighted by atomic mass is 14.9. The van der Waals surface area contributed by atoms with E-state index in [4.69, 9.17) is 0 Å². The Hall–Kier alpha value is -0.0800. The van der Waals surface area contributed by atoms with E-state index in [1.807, 2.05) is 13.8 Å². The summed E-state index contributed by atoms with van der Waals surface area (Å²) in [6.45, 7) is 11.4. The molecule has 84 valence electrons. The van der Waals surface area contributed by atoms with Crippen LogP contribution in [0, 0.1) is 11.3 Å². The molecule has 0 amide bonds. The lowest BCUT2D eigenvalue weighted by molar-refractivity contribution is 0.0784. The number of nitrogens with one attached hydrogen (secondary N) is 2. The first kappa shape index (κ1) is 12.0. The first-order valence-corrected chi connectivity index (χ1v) is 6.25. The number of hydrogen-bond donors (Lipinski definition) is 2. The van der Waals surface area contributed by atoms with E-state index in [-0.39, 0.29) is 0 Å². The average molecular weight is 198 g/mol. The smallest absolute Gasteiger partial charge is 0.00178 e. The van der Waals surface area contributed by atoms with Crippen LogP contribution in [0.3, 0.4) is 0 Å². The van der Waals surface area contributed by atoms with Gasteiger partial charge < -0.3 is 10.6 Å². The molecule has 2 N–H and O–H groups in total. The summed E-state index contributed by atoms with van der Waals surface area (Å²) in [6.07, 6.45) is 4.20. The molecule has 2 aliphatic heterocycles. The summed E-state index contributed by atoms with van der Waals surface area (Å²) in [7, 11) is 0. The van der Waals surface area contributed by atoms with Gasteiger partial charge in [-0.25, -0.2) is 0 Å². The molecule has 0 aliphatic carbocycles. The van der Waals surface area contributed by atoms with Crippen molar-refractivity contribution in [2.75, 3.05) is 26.2 Å². The Morgan fingerprint density at radius 1 is 0.929 bits per heavy atom. The summed E-state index contributed by atoms with van der Waals surface area (Å²) in [6, 6.07) is 0. The van der Waals surface area contributed by atoms with Crippen LogP contribution in [0.15, 0.2) is 0 Å². The minimum Gasteiger partial charge on any atom is -0.317 e. The van der Waals surface area contributed by atoms with Gasteiger partial charge in [0.1, 0.15) is 0 Å². The fraction of sp³-hybridized carbons (Fsp3) is 1.00. The van der Waals surface area contributed by atoms with Gasteiger partial charge in [-0.1, -0.05) is 20.8 Å². The highest BCUT2D eigenvalue weighted by Crippen LogP contribution is 2.41. The van der Waals surface area contributed by atoms with Gasteiger partial charge in [-0.3, -0.25) is 0 Å². The Labute approximate surface area is 88.8 Å². The number of hydrogen-bond acceptors (Lipinski definition) is 2. The quantitative estimate of drug-likeness (QED) is 0.622. The maximum Gasteiger partial charge on any atom is -0.00178 e. The first-order chi connectivity index (χ1) is 6.83. The number of piperidine rings is 2. The third-order valence-electron chi connectivity index (χ3n) is 3.89. The predicted octanol–water partition coefficient (Wildman–Crippen LogP) is 2.01. The largest absolute Gasteiger partial charge is 0.317 e. The molecule has 0 aromatic carbocycles. The molecule has 14 heavy (non-hydrogen) atoms. The van der Waals surface area contributed by atoms with Gasteiger partial charge in [0.2, 0.25) is 0 Å². The summed E-state index contributed by atoms with van der Waals surface area (Å²) >= 11 is 0. The molecule has 2 heteroatoms. The minimum absolute atomic E-state index is 0.691. The molecular formula is C12H26N2. The molecule has 2 nitrogen and oxygen atoms in total. The molecule has 0 radical (unpaired) electrons. The van der Waals surface area contributed by atoms with Crippen molar-refractivity contribution in [2.45, 2.75) is 40.0 Å². The normalized spacial score (nSPS) is 30.6. The van der Waals surface area contributed by atoms with Crippen molar-refractivity contribution in [1.29, 1.82) is 0 Å². The van der Waals surface area contributed by atoms with E-state index < -0.39 is 0 Å². The summed E-state index contributed by atoms with van der Waals surface area (Å²) in [5.74, 6) is 0.883. The third kappa shape index (κ3) is 2.48. The molecule has 0 aromatic heterocycles. The van der Waals surface area contributed by atoms with Crippen LogP contribution in [0.4, 0.5) is 0 Å². The second kappa shape index (κ2) is 5.72. The van der Waals surface area contributed by atoms with Gasteiger partial charge in [0.25, 0.3) is 0 Å². The monoisotopic (exact) mass is 198 g/mol. The number of rotatable bonds is 0. The summed E-state index contributed by atoms with van der Waals surface area (Å²) in [5.41, 5.74) is 0.691. The molecule has 0 saturated carbocycles. The van der Waals surface area contributed by atoms with Gasteiger partial charge in [0, 0.05) is 0 Å². The molecule has 1 atom stereocenters. The average Bonchev–Trinajstić information content (AvgIpc) is 2.27. The molecule has 1 unspecified atom stereocenters. The van der Waals surface area contributed by atoms with Crippen LogP contribution in [0.2, 0.25) is 0 Å². The van der Waals surface area contributed by atoms with Gasteiger partial charge in [-0.15, -0.1) is 0 Å². The lowest BCUT2D eigenvalue weighted by atomic mass is 9.66. The van der Waals surface area contributed by atoms with Crippen molar-refractivity contribution in [1.82, 2.24) is 10.6 Å². The minimum atomic E-state index is 0.691.